The molecule has 3 heteroatoms. The standard InChI is InChI=1S/C15H32N2O/c1-7-9-10-11-12(3)16-13(4)14(18)17-15(5,6)8-2/h12-13,16H,7-11H2,1-6H3,(H,17,18). The van der Waals surface area contributed by atoms with Crippen LogP contribution in [-0.4, -0.2) is 23.5 Å². The normalized spacial score (nSPS) is 15.2. The Morgan fingerprint density at radius 1 is 1.17 bits per heavy atom. The van der Waals surface area contributed by atoms with Crippen LogP contribution >= 0.6 is 0 Å². The van der Waals surface area contributed by atoms with E-state index in [1.165, 1.54) is 19.3 Å². The van der Waals surface area contributed by atoms with Crippen LogP contribution in [0.1, 0.15) is 73.6 Å². The number of carbonyl (C=O) groups excluding carboxylic acids is 1. The number of hydrogen-bond acceptors (Lipinski definition) is 2. The summed E-state index contributed by atoms with van der Waals surface area (Å²) in [6, 6.07) is 0.287. The molecule has 18 heavy (non-hydrogen) atoms. The molecule has 0 saturated carbocycles. The van der Waals surface area contributed by atoms with Gasteiger partial charge in [-0.25, -0.2) is 0 Å². The Morgan fingerprint density at radius 2 is 1.78 bits per heavy atom. The second kappa shape index (κ2) is 8.52. The maximum atomic E-state index is 12.0. The lowest BCUT2D eigenvalue weighted by Crippen LogP contribution is -2.52. The van der Waals surface area contributed by atoms with Gasteiger partial charge in [0.2, 0.25) is 5.91 Å². The highest BCUT2D eigenvalue weighted by Gasteiger charge is 2.22. The van der Waals surface area contributed by atoms with Crippen molar-refractivity contribution in [2.45, 2.75) is 91.3 Å². The quantitative estimate of drug-likeness (QED) is 0.622. The zero-order valence-electron chi connectivity index (χ0n) is 13.1. The van der Waals surface area contributed by atoms with Crippen LogP contribution in [0.15, 0.2) is 0 Å². The van der Waals surface area contributed by atoms with E-state index in [1.54, 1.807) is 0 Å². The van der Waals surface area contributed by atoms with E-state index in [0.29, 0.717) is 6.04 Å². The third-order valence-corrected chi connectivity index (χ3v) is 3.51. The Labute approximate surface area is 113 Å². The molecule has 0 rings (SSSR count). The fraction of sp³-hybridized carbons (Fsp3) is 0.933. The van der Waals surface area contributed by atoms with E-state index >= 15 is 0 Å². The van der Waals surface area contributed by atoms with Gasteiger partial charge in [0, 0.05) is 11.6 Å². The first kappa shape index (κ1) is 17.4. The first-order valence-electron chi connectivity index (χ1n) is 7.40. The minimum atomic E-state index is -0.118. The SMILES string of the molecule is CCCCCC(C)NC(C)C(=O)NC(C)(C)CC. The fourth-order valence-electron chi connectivity index (χ4n) is 1.82. The minimum Gasteiger partial charge on any atom is -0.350 e. The Bertz CT molecular complexity index is 239. The molecule has 108 valence electrons. The molecule has 2 atom stereocenters. The van der Waals surface area contributed by atoms with Gasteiger partial charge in [0.05, 0.1) is 6.04 Å². The molecule has 0 aromatic carbocycles. The van der Waals surface area contributed by atoms with Crippen molar-refractivity contribution in [3.63, 3.8) is 0 Å². The van der Waals surface area contributed by atoms with Crippen molar-refractivity contribution in [3.8, 4) is 0 Å². The van der Waals surface area contributed by atoms with Gasteiger partial charge in [-0.1, -0.05) is 33.1 Å². The van der Waals surface area contributed by atoms with Crippen molar-refractivity contribution in [3.05, 3.63) is 0 Å². The second-order valence-electron chi connectivity index (χ2n) is 6.01. The summed E-state index contributed by atoms with van der Waals surface area (Å²) < 4.78 is 0. The molecular weight excluding hydrogens is 224 g/mol. The average molecular weight is 256 g/mol. The number of carbonyl (C=O) groups is 1. The largest absolute Gasteiger partial charge is 0.350 e. The number of nitrogens with one attached hydrogen (secondary N) is 2. The van der Waals surface area contributed by atoms with Gasteiger partial charge < -0.3 is 10.6 Å². The predicted molar refractivity (Wildman–Crippen MR) is 78.7 cm³/mol. The Morgan fingerprint density at radius 3 is 2.28 bits per heavy atom. The zero-order valence-corrected chi connectivity index (χ0v) is 13.1. The van der Waals surface area contributed by atoms with Crippen LogP contribution in [0.5, 0.6) is 0 Å². The summed E-state index contributed by atoms with van der Waals surface area (Å²) in [5.74, 6) is 0.101. The van der Waals surface area contributed by atoms with Crippen LogP contribution in [0.3, 0.4) is 0 Å². The molecule has 3 nitrogen and oxygen atoms in total. The Hall–Kier alpha value is -0.570. The molecule has 0 aromatic rings. The predicted octanol–water partition coefficient (Wildman–Crippen LogP) is 3.24. The lowest BCUT2D eigenvalue weighted by molar-refractivity contribution is -0.124. The van der Waals surface area contributed by atoms with Gasteiger partial charge in [-0.3, -0.25) is 4.79 Å². The fourth-order valence-corrected chi connectivity index (χ4v) is 1.82. The minimum absolute atomic E-state index is 0.101. The van der Waals surface area contributed by atoms with Crippen LogP contribution in [-0.2, 0) is 4.79 Å². The molecule has 2 N–H and O–H groups in total. The van der Waals surface area contributed by atoms with Gasteiger partial charge in [0.25, 0.3) is 0 Å². The molecule has 0 fully saturated rings. The molecule has 0 aliphatic carbocycles. The topological polar surface area (TPSA) is 41.1 Å². The van der Waals surface area contributed by atoms with Crippen molar-refractivity contribution in [2.75, 3.05) is 0 Å². The molecule has 0 bridgehead atoms. The molecule has 1 amide bonds. The molecule has 0 aromatic heterocycles. The highest BCUT2D eigenvalue weighted by Crippen LogP contribution is 2.08. The third-order valence-electron chi connectivity index (χ3n) is 3.51. The summed E-state index contributed by atoms with van der Waals surface area (Å²) in [5.41, 5.74) is -0.113. The van der Waals surface area contributed by atoms with Crippen LogP contribution in [0, 0.1) is 0 Å². The van der Waals surface area contributed by atoms with Crippen molar-refractivity contribution in [2.24, 2.45) is 0 Å². The highest BCUT2D eigenvalue weighted by atomic mass is 16.2. The molecule has 0 aliphatic rings. The summed E-state index contributed by atoms with van der Waals surface area (Å²) in [5, 5.41) is 6.45. The monoisotopic (exact) mass is 256 g/mol. The first-order valence-corrected chi connectivity index (χ1v) is 7.40. The Kier molecular flexibility index (Phi) is 8.25. The zero-order chi connectivity index (χ0) is 14.2. The number of rotatable bonds is 9. The lowest BCUT2D eigenvalue weighted by Gasteiger charge is -2.28. The maximum absolute atomic E-state index is 12.0. The summed E-state index contributed by atoms with van der Waals surface area (Å²) in [6.45, 7) is 12.5. The summed E-state index contributed by atoms with van der Waals surface area (Å²) >= 11 is 0. The second-order valence-corrected chi connectivity index (χ2v) is 6.01. The van der Waals surface area contributed by atoms with E-state index in [4.69, 9.17) is 0 Å². The van der Waals surface area contributed by atoms with E-state index in [1.807, 2.05) is 6.92 Å². The van der Waals surface area contributed by atoms with Gasteiger partial charge in [-0.05, 0) is 40.5 Å². The first-order chi connectivity index (χ1) is 8.32. The number of unbranched alkanes of at least 4 members (excludes halogenated alkanes) is 2. The van der Waals surface area contributed by atoms with Crippen LogP contribution < -0.4 is 10.6 Å². The molecule has 0 spiro atoms. The van der Waals surface area contributed by atoms with Crippen LogP contribution in [0.25, 0.3) is 0 Å². The number of amides is 1. The Balaban J connectivity index is 4.00. The molecule has 0 saturated heterocycles. The van der Waals surface area contributed by atoms with Gasteiger partial charge in [-0.2, -0.15) is 0 Å². The summed E-state index contributed by atoms with van der Waals surface area (Å²) in [7, 11) is 0. The molecule has 0 aliphatic heterocycles. The molecule has 2 unspecified atom stereocenters. The number of hydrogen-bond donors (Lipinski definition) is 2. The van der Waals surface area contributed by atoms with Crippen LogP contribution in [0.2, 0.25) is 0 Å². The van der Waals surface area contributed by atoms with E-state index < -0.39 is 0 Å². The third kappa shape index (κ3) is 7.70. The van der Waals surface area contributed by atoms with Crippen molar-refractivity contribution in [1.29, 1.82) is 0 Å². The molecule has 0 heterocycles. The summed E-state index contributed by atoms with van der Waals surface area (Å²) in [4.78, 5) is 12.0. The average Bonchev–Trinajstić information content (AvgIpc) is 2.28. The van der Waals surface area contributed by atoms with Gasteiger partial charge in [0.15, 0.2) is 0 Å². The van der Waals surface area contributed by atoms with Crippen molar-refractivity contribution >= 4 is 5.91 Å². The summed E-state index contributed by atoms with van der Waals surface area (Å²) in [6.07, 6.45) is 5.84. The lowest BCUT2D eigenvalue weighted by atomic mass is 10.0. The van der Waals surface area contributed by atoms with E-state index in [9.17, 15) is 4.79 Å². The van der Waals surface area contributed by atoms with Gasteiger partial charge >= 0.3 is 0 Å². The molecule has 0 radical (unpaired) electrons. The maximum Gasteiger partial charge on any atom is 0.237 e. The van der Waals surface area contributed by atoms with E-state index in [0.717, 1.165) is 12.8 Å². The highest BCUT2D eigenvalue weighted by molar-refractivity contribution is 5.82. The van der Waals surface area contributed by atoms with Gasteiger partial charge in [-0.15, -0.1) is 0 Å². The van der Waals surface area contributed by atoms with Crippen molar-refractivity contribution < 1.29 is 4.79 Å². The van der Waals surface area contributed by atoms with E-state index in [2.05, 4.69) is 45.3 Å². The van der Waals surface area contributed by atoms with Gasteiger partial charge in [0.1, 0.15) is 0 Å². The molecular formula is C15H32N2O. The van der Waals surface area contributed by atoms with E-state index in [-0.39, 0.29) is 17.5 Å². The van der Waals surface area contributed by atoms with Crippen LogP contribution in [0.4, 0.5) is 0 Å². The smallest absolute Gasteiger partial charge is 0.237 e. The van der Waals surface area contributed by atoms with Crippen molar-refractivity contribution in [1.82, 2.24) is 10.6 Å².